The van der Waals surface area contributed by atoms with Gasteiger partial charge in [0, 0.05) is 12.3 Å². The lowest BCUT2D eigenvalue weighted by Crippen LogP contribution is -2.41. The number of H-pyrrole nitrogens is 1. The van der Waals surface area contributed by atoms with Crippen molar-refractivity contribution in [2.45, 2.75) is 51.4 Å². The second-order valence-electron chi connectivity index (χ2n) is 6.50. The first-order chi connectivity index (χ1) is 14.1. The van der Waals surface area contributed by atoms with Crippen molar-refractivity contribution in [3.8, 4) is 0 Å². The minimum Gasteiger partial charge on any atom is -0.462 e. The molecule has 0 radical (unpaired) electrons. The molecule has 0 aromatic carbocycles. The third-order valence-corrected chi connectivity index (χ3v) is 4.75. The van der Waals surface area contributed by atoms with E-state index in [0.29, 0.717) is 0 Å². The minimum absolute atomic E-state index is 0.366. The van der Waals surface area contributed by atoms with Crippen LogP contribution in [0.5, 0.6) is 0 Å². The van der Waals surface area contributed by atoms with E-state index in [1.165, 1.54) is 6.92 Å². The maximum Gasteiger partial charge on any atom is 0.330 e. The molecule has 0 spiro atoms. The van der Waals surface area contributed by atoms with Crippen molar-refractivity contribution in [1.29, 1.82) is 0 Å². The summed E-state index contributed by atoms with van der Waals surface area (Å²) in [6.45, 7) is 2.11. The van der Waals surface area contributed by atoms with Gasteiger partial charge in [-0.15, -0.1) is 0 Å². The van der Waals surface area contributed by atoms with E-state index in [9.17, 15) is 33.6 Å². The first-order valence-corrected chi connectivity index (χ1v) is 10.4. The average molecular weight is 455 g/mol. The predicted octanol–water partition coefficient (Wildman–Crippen LogP) is -0.921. The highest BCUT2D eigenvalue weighted by atomic mass is 31.1. The number of aliphatic hydroxyl groups excluding tert-OH is 2. The second kappa shape index (κ2) is 12.7. The number of alkyl halides is 1. The van der Waals surface area contributed by atoms with Crippen LogP contribution >= 0.6 is 8.18 Å². The van der Waals surface area contributed by atoms with Crippen LogP contribution in [0, 0.1) is 0 Å². The van der Waals surface area contributed by atoms with Gasteiger partial charge < -0.3 is 24.2 Å². The number of aromatic amines is 1. The second-order valence-corrected chi connectivity index (χ2v) is 7.65. The van der Waals surface area contributed by atoms with Gasteiger partial charge in [0.1, 0.15) is 24.9 Å². The van der Waals surface area contributed by atoms with E-state index in [4.69, 9.17) is 14.0 Å². The summed E-state index contributed by atoms with van der Waals surface area (Å²) in [4.78, 5) is 36.7. The van der Waals surface area contributed by atoms with Gasteiger partial charge in [0.2, 0.25) is 0 Å². The van der Waals surface area contributed by atoms with E-state index in [1.54, 1.807) is 13.8 Å². The fourth-order valence-corrected chi connectivity index (χ4v) is 3.03. The van der Waals surface area contributed by atoms with Gasteiger partial charge in [-0.3, -0.25) is 23.7 Å². The molecule has 4 N–H and O–H groups in total. The number of nitrogens with zero attached hydrogens (tertiary/aromatic N) is 1. The Kier molecular flexibility index (Phi) is 11.1. The fraction of sp³-hybridized carbons (Fsp3) is 0.688. The Morgan fingerprint density at radius 1 is 1.37 bits per heavy atom. The minimum atomic E-state index is -3.02. The van der Waals surface area contributed by atoms with E-state index >= 15 is 0 Å². The highest BCUT2D eigenvalue weighted by molar-refractivity contribution is 7.36. The standard InChI is InChI=1S/C16H27FN3O9P/c1-9(2)28-15(24)10(3)19-30(26)27-8-12(11(22)6-17)29-14(7-21)20-5-4-13(23)18-16(20)25/h4-5,9-12,14,21-22,30H,6-8H2,1-3H3,(H,19,26)(H,18,23,25)/t10-,11-,12+,14+/m0/s1. The molecule has 0 fully saturated rings. The van der Waals surface area contributed by atoms with Gasteiger partial charge in [-0.1, -0.05) is 0 Å². The molecule has 0 aliphatic rings. The van der Waals surface area contributed by atoms with E-state index < -0.39 is 69.8 Å². The Labute approximate surface area is 171 Å². The Morgan fingerprint density at radius 2 is 2.03 bits per heavy atom. The van der Waals surface area contributed by atoms with Crippen LogP contribution in [0.4, 0.5) is 4.39 Å². The molecule has 14 heteroatoms. The summed E-state index contributed by atoms with van der Waals surface area (Å²) in [7, 11) is -3.02. The van der Waals surface area contributed by atoms with Crippen LogP contribution in [-0.4, -0.2) is 70.0 Å². The largest absolute Gasteiger partial charge is 0.462 e. The zero-order chi connectivity index (χ0) is 22.8. The molecule has 0 saturated carbocycles. The van der Waals surface area contributed by atoms with Gasteiger partial charge in [0.15, 0.2) is 6.23 Å². The summed E-state index contributed by atoms with van der Waals surface area (Å²) in [6.07, 6.45) is -3.86. The molecule has 1 rings (SSSR count). The summed E-state index contributed by atoms with van der Waals surface area (Å²) >= 11 is 0. The average Bonchev–Trinajstić information content (AvgIpc) is 2.67. The molecule has 1 unspecified atom stereocenters. The third-order valence-electron chi connectivity index (χ3n) is 3.66. The zero-order valence-corrected chi connectivity index (χ0v) is 17.7. The monoisotopic (exact) mass is 455 g/mol. The molecule has 0 saturated heterocycles. The molecule has 0 bridgehead atoms. The predicted molar refractivity (Wildman–Crippen MR) is 103 cm³/mol. The molecule has 5 atom stereocenters. The lowest BCUT2D eigenvalue weighted by molar-refractivity contribution is -0.149. The first-order valence-electron chi connectivity index (χ1n) is 9.04. The molecular formula is C16H27FN3O9P. The molecule has 172 valence electrons. The molecule has 0 aliphatic heterocycles. The van der Waals surface area contributed by atoms with E-state index in [1.807, 2.05) is 4.98 Å². The van der Waals surface area contributed by atoms with Gasteiger partial charge in [-0.25, -0.2) is 14.3 Å². The van der Waals surface area contributed by atoms with Crippen LogP contribution in [-0.2, 0) is 23.4 Å². The van der Waals surface area contributed by atoms with E-state index in [0.717, 1.165) is 16.8 Å². The third kappa shape index (κ3) is 8.46. The molecule has 1 aromatic rings. The summed E-state index contributed by atoms with van der Waals surface area (Å²) in [5, 5.41) is 21.7. The number of ether oxygens (including phenoxy) is 2. The molecule has 1 aromatic heterocycles. The molecule has 0 aliphatic carbocycles. The van der Waals surface area contributed by atoms with E-state index in [-0.39, 0.29) is 6.10 Å². The zero-order valence-electron chi connectivity index (χ0n) is 16.7. The van der Waals surface area contributed by atoms with Crippen molar-refractivity contribution < 1.29 is 38.0 Å². The number of esters is 1. The maximum atomic E-state index is 13.0. The highest BCUT2D eigenvalue weighted by Gasteiger charge is 2.27. The number of aliphatic hydroxyl groups is 2. The fourth-order valence-electron chi connectivity index (χ4n) is 2.16. The van der Waals surface area contributed by atoms with E-state index in [2.05, 4.69) is 5.09 Å². The van der Waals surface area contributed by atoms with Gasteiger partial charge in [0.05, 0.1) is 19.3 Å². The first kappa shape index (κ1) is 26.1. The highest BCUT2D eigenvalue weighted by Crippen LogP contribution is 2.21. The normalized spacial score (nSPS) is 16.6. The van der Waals surface area contributed by atoms with Crippen molar-refractivity contribution in [3.63, 3.8) is 0 Å². The molecule has 12 nitrogen and oxygen atoms in total. The topological polar surface area (TPSA) is 169 Å². The number of rotatable bonds is 13. The smallest absolute Gasteiger partial charge is 0.330 e. The molecule has 1 heterocycles. The van der Waals surface area contributed by atoms with Crippen LogP contribution in [0.25, 0.3) is 0 Å². The number of carbonyl (C=O) groups is 1. The lowest BCUT2D eigenvalue weighted by Gasteiger charge is -2.27. The number of halogens is 1. The van der Waals surface area contributed by atoms with Gasteiger partial charge in [-0.2, -0.15) is 0 Å². The Hall–Kier alpha value is -1.89. The molecular weight excluding hydrogens is 428 g/mol. The van der Waals surface area contributed by atoms with Crippen LogP contribution in [0.15, 0.2) is 21.9 Å². The summed E-state index contributed by atoms with van der Waals surface area (Å²) in [5.74, 6) is -0.652. The van der Waals surface area contributed by atoms with Crippen molar-refractivity contribution in [1.82, 2.24) is 14.6 Å². The summed E-state index contributed by atoms with van der Waals surface area (Å²) in [6, 6.07) is 0.0549. The number of nitrogens with one attached hydrogen (secondary N) is 2. The van der Waals surface area contributed by atoms with Gasteiger partial charge in [0.25, 0.3) is 13.7 Å². The lowest BCUT2D eigenvalue weighted by atomic mass is 10.2. The SMILES string of the molecule is CC(C)OC(=O)[C@H](C)N[PH](=O)OC[C@@H](O[C@H](CO)n1ccc(=O)[nH]c1=O)[C@@H](O)CF. The number of hydrogen-bond donors (Lipinski definition) is 4. The summed E-state index contributed by atoms with van der Waals surface area (Å²) in [5.41, 5.74) is -1.57. The Bertz CT molecular complexity index is 816. The Balaban J connectivity index is 2.77. The number of aromatic nitrogens is 2. The number of carbonyl (C=O) groups excluding carboxylic acids is 1. The molecule has 0 amide bonds. The number of hydrogen-bond acceptors (Lipinski definition) is 9. The molecule has 30 heavy (non-hydrogen) atoms. The van der Waals surface area contributed by atoms with Crippen LogP contribution < -0.4 is 16.3 Å². The van der Waals surface area contributed by atoms with Gasteiger partial charge in [-0.05, 0) is 20.8 Å². The van der Waals surface area contributed by atoms with Crippen LogP contribution in [0.1, 0.15) is 27.0 Å². The quantitative estimate of drug-likeness (QED) is 0.215. The maximum absolute atomic E-state index is 13.0. The van der Waals surface area contributed by atoms with Crippen LogP contribution in [0.2, 0.25) is 0 Å². The van der Waals surface area contributed by atoms with Gasteiger partial charge >= 0.3 is 11.7 Å². The van der Waals surface area contributed by atoms with Crippen molar-refractivity contribution >= 4 is 14.1 Å². The Morgan fingerprint density at radius 3 is 2.57 bits per heavy atom. The summed E-state index contributed by atoms with van der Waals surface area (Å²) < 4.78 is 41.2. The van der Waals surface area contributed by atoms with Crippen molar-refractivity contribution in [3.05, 3.63) is 33.1 Å². The van der Waals surface area contributed by atoms with Crippen molar-refractivity contribution in [2.24, 2.45) is 0 Å². The van der Waals surface area contributed by atoms with Crippen LogP contribution in [0.3, 0.4) is 0 Å². The van der Waals surface area contributed by atoms with Crippen molar-refractivity contribution in [2.75, 3.05) is 19.9 Å².